The molecule has 0 amide bonds. The van der Waals surface area contributed by atoms with Crippen molar-refractivity contribution >= 4 is 28.1 Å². The molecule has 0 unspecified atom stereocenters. The number of nitro benzene ring substituents is 1. The molecule has 1 aliphatic rings. The normalized spacial score (nSPS) is 13.6. The van der Waals surface area contributed by atoms with Crippen LogP contribution in [0.15, 0.2) is 85.1 Å². The molecule has 2 heterocycles. The van der Waals surface area contributed by atoms with Gasteiger partial charge in [0.1, 0.15) is 0 Å². The molecule has 0 N–H and O–H groups in total. The van der Waals surface area contributed by atoms with Gasteiger partial charge < -0.3 is 0 Å². The molecule has 0 saturated heterocycles. The van der Waals surface area contributed by atoms with Crippen LogP contribution in [0.5, 0.6) is 0 Å². The zero-order valence-electron chi connectivity index (χ0n) is 14.4. The third kappa shape index (κ3) is 2.42. The van der Waals surface area contributed by atoms with Crippen LogP contribution in [0.25, 0.3) is 28.1 Å². The molecule has 4 nitrogen and oxygen atoms in total. The van der Waals surface area contributed by atoms with Crippen molar-refractivity contribution in [1.82, 2.24) is 0 Å². The molecule has 0 fully saturated rings. The topological polar surface area (TPSA) is 47.0 Å². The number of nitrogens with zero attached hydrogens (tertiary/aromatic N) is 2. The molecular weight excluding hydrogens is 336 g/mol. The van der Waals surface area contributed by atoms with E-state index >= 15 is 0 Å². The van der Waals surface area contributed by atoms with E-state index in [1.807, 2.05) is 18.2 Å². The standard InChI is InChI=1S/C23H15N2O2/c26-25(27)18-11-9-16(10-12-18)15-21-20-7-3-4-8-22(20)24-14-13-17-5-1-2-6-19(17)23(21)24/h1-15H/q+1/b21-15+. The van der Waals surface area contributed by atoms with E-state index in [-0.39, 0.29) is 10.6 Å². The molecule has 4 heteroatoms. The fourth-order valence-corrected chi connectivity index (χ4v) is 3.74. The van der Waals surface area contributed by atoms with Gasteiger partial charge in [-0.1, -0.05) is 30.3 Å². The summed E-state index contributed by atoms with van der Waals surface area (Å²) < 4.78 is 2.22. The van der Waals surface area contributed by atoms with Crippen LogP contribution >= 0.6 is 0 Å². The van der Waals surface area contributed by atoms with Crippen LogP contribution in [0.1, 0.15) is 16.8 Å². The first-order chi connectivity index (χ1) is 13.2. The third-order valence-corrected chi connectivity index (χ3v) is 4.98. The Balaban J connectivity index is 1.77. The summed E-state index contributed by atoms with van der Waals surface area (Å²) in [5, 5.41) is 13.3. The molecular formula is C23H15N2O2+. The van der Waals surface area contributed by atoms with Gasteiger partial charge in [0.15, 0.2) is 6.20 Å². The molecule has 1 aromatic heterocycles. The quantitative estimate of drug-likeness (QED) is 0.257. The second kappa shape index (κ2) is 5.88. The highest BCUT2D eigenvalue weighted by Gasteiger charge is 2.33. The summed E-state index contributed by atoms with van der Waals surface area (Å²) in [5.74, 6) is 0. The number of pyridine rings is 1. The Morgan fingerprint density at radius 3 is 2.41 bits per heavy atom. The number of non-ortho nitro benzene ring substituents is 1. The number of benzene rings is 3. The van der Waals surface area contributed by atoms with Gasteiger partial charge in [-0.3, -0.25) is 10.1 Å². The maximum atomic E-state index is 10.9. The molecule has 0 spiro atoms. The highest BCUT2D eigenvalue weighted by Crippen LogP contribution is 2.36. The van der Waals surface area contributed by atoms with Crippen molar-refractivity contribution in [2.45, 2.75) is 0 Å². The fraction of sp³-hybridized carbons (Fsp3) is 0. The number of aromatic nitrogens is 1. The summed E-state index contributed by atoms with van der Waals surface area (Å²) in [6.07, 6.45) is 4.21. The first-order valence-electron chi connectivity index (χ1n) is 8.72. The first kappa shape index (κ1) is 15.5. The number of fused-ring (bicyclic) bond motifs is 5. The van der Waals surface area contributed by atoms with E-state index in [0.29, 0.717) is 0 Å². The summed E-state index contributed by atoms with van der Waals surface area (Å²) in [7, 11) is 0. The van der Waals surface area contributed by atoms with Gasteiger partial charge in [-0.15, -0.1) is 0 Å². The Morgan fingerprint density at radius 1 is 0.852 bits per heavy atom. The van der Waals surface area contributed by atoms with Crippen LogP contribution in [0.2, 0.25) is 0 Å². The molecule has 128 valence electrons. The minimum Gasteiger partial charge on any atom is -0.258 e. The molecule has 0 radical (unpaired) electrons. The van der Waals surface area contributed by atoms with Crippen LogP contribution in [-0.2, 0) is 0 Å². The maximum absolute atomic E-state index is 10.9. The lowest BCUT2D eigenvalue weighted by molar-refractivity contribution is -0.592. The van der Waals surface area contributed by atoms with Gasteiger partial charge in [0.05, 0.1) is 21.4 Å². The summed E-state index contributed by atoms with van der Waals surface area (Å²) in [4.78, 5) is 10.5. The maximum Gasteiger partial charge on any atom is 0.269 e. The third-order valence-electron chi connectivity index (χ3n) is 4.98. The summed E-state index contributed by atoms with van der Waals surface area (Å²) in [5.41, 5.74) is 5.61. The van der Waals surface area contributed by atoms with Crippen molar-refractivity contribution in [3.05, 3.63) is 112 Å². The lowest BCUT2D eigenvalue weighted by Gasteiger charge is -2.02. The van der Waals surface area contributed by atoms with E-state index in [1.165, 1.54) is 10.8 Å². The van der Waals surface area contributed by atoms with Crippen LogP contribution in [0.4, 0.5) is 5.69 Å². The Morgan fingerprint density at radius 2 is 1.59 bits per heavy atom. The number of para-hydroxylation sites is 1. The summed E-state index contributed by atoms with van der Waals surface area (Å²) in [6, 6.07) is 25.5. The van der Waals surface area contributed by atoms with Crippen LogP contribution in [0.3, 0.4) is 0 Å². The molecule has 27 heavy (non-hydrogen) atoms. The number of nitro groups is 1. The Hall–Kier alpha value is -3.79. The predicted octanol–water partition coefficient (Wildman–Crippen LogP) is 4.93. The van der Waals surface area contributed by atoms with Gasteiger partial charge in [0.2, 0.25) is 11.4 Å². The molecule has 4 aromatic rings. The Kier molecular flexibility index (Phi) is 3.37. The largest absolute Gasteiger partial charge is 0.269 e. The van der Waals surface area contributed by atoms with Crippen molar-refractivity contribution in [2.75, 3.05) is 0 Å². The Bertz CT molecular complexity index is 1240. The molecule has 3 aromatic carbocycles. The molecule has 1 aliphatic heterocycles. The summed E-state index contributed by atoms with van der Waals surface area (Å²) >= 11 is 0. The smallest absolute Gasteiger partial charge is 0.258 e. The molecule has 0 aliphatic carbocycles. The SMILES string of the molecule is O=[N+]([O-])c1ccc(/C=C2\c3ccccc3-[n+]3ccc4ccccc4c32)cc1. The van der Waals surface area contributed by atoms with Crippen molar-refractivity contribution in [3.63, 3.8) is 0 Å². The van der Waals surface area contributed by atoms with Crippen molar-refractivity contribution < 1.29 is 9.49 Å². The van der Waals surface area contributed by atoms with Gasteiger partial charge >= 0.3 is 0 Å². The van der Waals surface area contributed by atoms with E-state index in [1.54, 1.807) is 24.3 Å². The molecule has 0 atom stereocenters. The molecule has 0 saturated carbocycles. The predicted molar refractivity (Wildman–Crippen MR) is 106 cm³/mol. The second-order valence-corrected chi connectivity index (χ2v) is 6.55. The average Bonchev–Trinajstić information content (AvgIpc) is 3.03. The first-order valence-corrected chi connectivity index (χ1v) is 8.72. The van der Waals surface area contributed by atoms with Crippen LogP contribution in [-0.4, -0.2) is 4.92 Å². The average molecular weight is 351 g/mol. The highest BCUT2D eigenvalue weighted by molar-refractivity contribution is 6.02. The van der Waals surface area contributed by atoms with Crippen molar-refractivity contribution in [2.24, 2.45) is 0 Å². The van der Waals surface area contributed by atoms with Gasteiger partial charge in [-0.05, 0) is 41.3 Å². The van der Waals surface area contributed by atoms with Gasteiger partial charge in [0.25, 0.3) is 5.69 Å². The number of hydrogen-bond donors (Lipinski definition) is 0. The van der Waals surface area contributed by atoms with E-state index in [0.717, 1.165) is 28.1 Å². The highest BCUT2D eigenvalue weighted by atomic mass is 16.6. The van der Waals surface area contributed by atoms with Crippen LogP contribution in [0, 0.1) is 10.1 Å². The Labute approximate surface area is 155 Å². The lowest BCUT2D eigenvalue weighted by atomic mass is 9.98. The lowest BCUT2D eigenvalue weighted by Crippen LogP contribution is -2.30. The zero-order chi connectivity index (χ0) is 18.4. The van der Waals surface area contributed by atoms with E-state index in [2.05, 4.69) is 53.2 Å². The minimum absolute atomic E-state index is 0.101. The monoisotopic (exact) mass is 351 g/mol. The number of hydrogen-bond acceptors (Lipinski definition) is 2. The minimum atomic E-state index is -0.375. The van der Waals surface area contributed by atoms with Crippen LogP contribution < -0.4 is 4.57 Å². The number of rotatable bonds is 2. The fourth-order valence-electron chi connectivity index (χ4n) is 3.74. The van der Waals surface area contributed by atoms with E-state index in [4.69, 9.17) is 0 Å². The van der Waals surface area contributed by atoms with Gasteiger partial charge in [-0.25, -0.2) is 0 Å². The zero-order valence-corrected chi connectivity index (χ0v) is 14.4. The van der Waals surface area contributed by atoms with Crippen molar-refractivity contribution in [3.8, 4) is 5.69 Å². The van der Waals surface area contributed by atoms with E-state index in [9.17, 15) is 10.1 Å². The molecule has 0 bridgehead atoms. The second-order valence-electron chi connectivity index (χ2n) is 6.55. The van der Waals surface area contributed by atoms with E-state index < -0.39 is 0 Å². The summed E-state index contributed by atoms with van der Waals surface area (Å²) in [6.45, 7) is 0. The van der Waals surface area contributed by atoms with Gasteiger partial charge in [-0.2, -0.15) is 4.57 Å². The molecule has 5 rings (SSSR count). The van der Waals surface area contributed by atoms with Crippen molar-refractivity contribution in [1.29, 1.82) is 0 Å². The van der Waals surface area contributed by atoms with Gasteiger partial charge in [0, 0.05) is 24.3 Å².